The first-order valence-electron chi connectivity index (χ1n) is 10.8. The summed E-state index contributed by atoms with van der Waals surface area (Å²) in [6.07, 6.45) is 1.84. The number of nitrogens with zero attached hydrogens (tertiary/aromatic N) is 4. The number of anilines is 1. The summed E-state index contributed by atoms with van der Waals surface area (Å²) < 4.78 is 5.53. The van der Waals surface area contributed by atoms with E-state index in [-0.39, 0.29) is 12.1 Å². The maximum atomic E-state index is 12.6. The van der Waals surface area contributed by atoms with Gasteiger partial charge in [-0.25, -0.2) is 4.79 Å². The quantitative estimate of drug-likeness (QED) is 0.752. The molecule has 1 aromatic heterocycles. The molecule has 1 N–H and O–H groups in total. The number of carbonyl (C=O) groups is 1. The van der Waals surface area contributed by atoms with Gasteiger partial charge in [0.05, 0.1) is 13.1 Å². The number of ether oxygens (including phenoxy) is 1. The number of amides is 1. The molecule has 0 spiro atoms. The minimum Gasteiger partial charge on any atom is -0.444 e. The van der Waals surface area contributed by atoms with E-state index in [1.54, 1.807) is 4.90 Å². The van der Waals surface area contributed by atoms with Crippen molar-refractivity contribution in [2.24, 2.45) is 0 Å². The molecule has 1 atom stereocenters. The highest BCUT2D eigenvalue weighted by Gasteiger charge is 2.33. The Kier molecular flexibility index (Phi) is 6.34. The summed E-state index contributed by atoms with van der Waals surface area (Å²) in [7, 11) is 0. The Hall–Kier alpha value is -2.38. The van der Waals surface area contributed by atoms with Crippen molar-refractivity contribution in [3.63, 3.8) is 0 Å². The predicted octanol–water partition coefficient (Wildman–Crippen LogP) is 4.46. The highest BCUT2D eigenvalue weighted by Crippen LogP contribution is 2.33. The number of hydrogen-bond donors (Lipinski definition) is 1. The molecule has 2 aliphatic rings. The van der Waals surface area contributed by atoms with Crippen LogP contribution < -0.4 is 5.32 Å². The Morgan fingerprint density at radius 2 is 1.94 bits per heavy atom. The van der Waals surface area contributed by atoms with Crippen molar-refractivity contribution < 1.29 is 9.53 Å². The van der Waals surface area contributed by atoms with E-state index in [0.29, 0.717) is 18.2 Å². The van der Waals surface area contributed by atoms with Crippen LogP contribution in [-0.2, 0) is 24.4 Å². The number of hydrogen-bond acceptors (Lipinski definition) is 6. The summed E-state index contributed by atoms with van der Waals surface area (Å²) in [5, 5.41) is 12.4. The average molecular weight is 444 g/mol. The summed E-state index contributed by atoms with van der Waals surface area (Å²) >= 11 is 6.31. The second-order valence-corrected chi connectivity index (χ2v) is 9.70. The van der Waals surface area contributed by atoms with Gasteiger partial charge in [0, 0.05) is 30.3 Å². The van der Waals surface area contributed by atoms with Crippen LogP contribution >= 0.6 is 11.6 Å². The molecular weight excluding hydrogens is 414 g/mol. The molecule has 0 unspecified atom stereocenters. The van der Waals surface area contributed by atoms with Crippen molar-refractivity contribution >= 4 is 23.5 Å². The molecule has 31 heavy (non-hydrogen) atoms. The van der Waals surface area contributed by atoms with Crippen LogP contribution in [0, 0.1) is 0 Å². The molecule has 0 radical (unpaired) electrons. The van der Waals surface area contributed by atoms with E-state index in [1.165, 1.54) is 5.56 Å². The second kappa shape index (κ2) is 9.01. The zero-order chi connectivity index (χ0) is 22.0. The molecule has 7 nitrogen and oxygen atoms in total. The average Bonchev–Trinajstić information content (AvgIpc) is 3.17. The van der Waals surface area contributed by atoms with E-state index in [4.69, 9.17) is 16.3 Å². The lowest BCUT2D eigenvalue weighted by atomic mass is 10.0. The number of rotatable bonds is 4. The van der Waals surface area contributed by atoms with Crippen LogP contribution in [0.1, 0.15) is 50.3 Å². The minimum atomic E-state index is -0.544. The fraction of sp³-hybridized carbons (Fsp3) is 0.522. The number of carbonyl (C=O) groups excluding carboxylic acids is 1. The van der Waals surface area contributed by atoms with Gasteiger partial charge < -0.3 is 10.1 Å². The van der Waals surface area contributed by atoms with Gasteiger partial charge >= 0.3 is 6.09 Å². The summed E-state index contributed by atoms with van der Waals surface area (Å²) in [5.74, 6) is 0.719. The zero-order valence-corrected chi connectivity index (χ0v) is 19.2. The van der Waals surface area contributed by atoms with Gasteiger partial charge in [-0.15, -0.1) is 10.2 Å². The fourth-order valence-electron chi connectivity index (χ4n) is 4.17. The van der Waals surface area contributed by atoms with Gasteiger partial charge in [0.1, 0.15) is 5.60 Å². The third kappa shape index (κ3) is 5.46. The van der Waals surface area contributed by atoms with E-state index in [2.05, 4.69) is 44.7 Å². The molecule has 1 aromatic carbocycles. The first-order valence-corrected chi connectivity index (χ1v) is 11.2. The molecule has 8 heteroatoms. The Morgan fingerprint density at radius 1 is 1.19 bits per heavy atom. The number of benzene rings is 1. The number of halogens is 1. The third-order valence-corrected chi connectivity index (χ3v) is 5.89. The van der Waals surface area contributed by atoms with Gasteiger partial charge in [0.2, 0.25) is 0 Å². The van der Waals surface area contributed by atoms with Crippen LogP contribution in [0.5, 0.6) is 0 Å². The molecule has 2 aromatic rings. The zero-order valence-electron chi connectivity index (χ0n) is 18.4. The van der Waals surface area contributed by atoms with Crippen LogP contribution in [0.3, 0.4) is 0 Å². The van der Waals surface area contributed by atoms with Crippen LogP contribution in [0.4, 0.5) is 10.6 Å². The summed E-state index contributed by atoms with van der Waals surface area (Å²) in [6.45, 7) is 9.36. The highest BCUT2D eigenvalue weighted by atomic mass is 35.5. The van der Waals surface area contributed by atoms with E-state index >= 15 is 0 Å². The monoisotopic (exact) mass is 443 g/mol. The lowest BCUT2D eigenvalue weighted by Crippen LogP contribution is -2.42. The smallest absolute Gasteiger partial charge is 0.410 e. The maximum Gasteiger partial charge on any atom is 0.410 e. The molecule has 1 amide bonds. The second-order valence-electron chi connectivity index (χ2n) is 9.34. The lowest BCUT2D eigenvalue weighted by molar-refractivity contribution is 0.0242. The van der Waals surface area contributed by atoms with Gasteiger partial charge in [-0.2, -0.15) is 0 Å². The first-order chi connectivity index (χ1) is 14.8. The van der Waals surface area contributed by atoms with Gasteiger partial charge in [0.25, 0.3) is 0 Å². The van der Waals surface area contributed by atoms with E-state index in [0.717, 1.165) is 49.4 Å². The van der Waals surface area contributed by atoms with E-state index in [1.807, 2.05) is 26.8 Å². The summed E-state index contributed by atoms with van der Waals surface area (Å²) in [5.41, 5.74) is 2.56. The molecule has 3 heterocycles. The normalized spacial score (nSPS) is 19.2. The topological polar surface area (TPSA) is 70.6 Å². The molecule has 4 rings (SSSR count). The van der Waals surface area contributed by atoms with Crippen LogP contribution in [0.2, 0.25) is 5.15 Å². The van der Waals surface area contributed by atoms with E-state index < -0.39 is 5.60 Å². The summed E-state index contributed by atoms with van der Waals surface area (Å²) in [6, 6.07) is 10.8. The summed E-state index contributed by atoms with van der Waals surface area (Å²) in [4.78, 5) is 16.7. The minimum absolute atomic E-state index is 0.271. The predicted molar refractivity (Wildman–Crippen MR) is 121 cm³/mol. The highest BCUT2D eigenvalue weighted by molar-refractivity contribution is 6.30. The number of likely N-dealkylation sites (tertiary alicyclic amines) is 1. The molecule has 0 bridgehead atoms. The van der Waals surface area contributed by atoms with Gasteiger partial charge in [-0.05, 0) is 45.7 Å². The Morgan fingerprint density at radius 3 is 2.68 bits per heavy atom. The van der Waals surface area contributed by atoms with Crippen molar-refractivity contribution in [3.8, 4) is 0 Å². The third-order valence-electron chi connectivity index (χ3n) is 5.58. The Labute approximate surface area is 188 Å². The standard InChI is InChI=1S/C23H30ClN5O2/c1-23(2,3)31-22(30)29-14-18-19(15-29)21(27-26-20(18)24)25-17-10-7-11-28(13-17)12-16-8-5-4-6-9-16/h4-6,8-9,17H,7,10-15H2,1-3H3,(H,25,27)/t17-/m1/s1. The van der Waals surface area contributed by atoms with Crippen LogP contribution in [0.25, 0.3) is 0 Å². The van der Waals surface area contributed by atoms with Crippen molar-refractivity contribution in [2.75, 3.05) is 18.4 Å². The molecule has 0 aliphatic carbocycles. The van der Waals surface area contributed by atoms with Crippen molar-refractivity contribution in [1.82, 2.24) is 20.0 Å². The molecule has 0 saturated carbocycles. The van der Waals surface area contributed by atoms with E-state index in [9.17, 15) is 4.79 Å². The Balaban J connectivity index is 1.43. The molecule has 166 valence electrons. The van der Waals surface area contributed by atoms with Crippen molar-refractivity contribution in [1.29, 1.82) is 0 Å². The van der Waals surface area contributed by atoms with Crippen LogP contribution in [-0.4, -0.2) is 50.8 Å². The number of aromatic nitrogens is 2. The lowest BCUT2D eigenvalue weighted by Gasteiger charge is -2.33. The molecule has 1 saturated heterocycles. The Bertz CT molecular complexity index is 932. The van der Waals surface area contributed by atoms with Gasteiger partial charge in [0.15, 0.2) is 11.0 Å². The fourth-order valence-corrected chi connectivity index (χ4v) is 4.39. The van der Waals surface area contributed by atoms with Crippen LogP contribution in [0.15, 0.2) is 30.3 Å². The SMILES string of the molecule is CC(C)(C)OC(=O)N1Cc2c(Cl)nnc(N[C@@H]3CCCN(Cc4ccccc4)C3)c2C1. The van der Waals surface area contributed by atoms with Gasteiger partial charge in [-0.3, -0.25) is 9.80 Å². The largest absolute Gasteiger partial charge is 0.444 e. The molecular formula is C23H30ClN5O2. The van der Waals surface area contributed by atoms with Gasteiger partial charge in [-0.1, -0.05) is 41.9 Å². The van der Waals surface area contributed by atoms with Crippen molar-refractivity contribution in [2.45, 2.75) is 64.9 Å². The maximum absolute atomic E-state index is 12.6. The number of nitrogens with one attached hydrogen (secondary N) is 1. The molecule has 1 fully saturated rings. The van der Waals surface area contributed by atoms with Crippen molar-refractivity contribution in [3.05, 3.63) is 52.2 Å². The molecule has 2 aliphatic heterocycles. The number of piperidine rings is 1. The number of fused-ring (bicyclic) bond motifs is 1. The first kappa shape index (κ1) is 21.8.